The molecule has 0 unspecified atom stereocenters. The number of rotatable bonds is 10. The summed E-state index contributed by atoms with van der Waals surface area (Å²) in [5, 5.41) is 3.18. The van der Waals surface area contributed by atoms with Gasteiger partial charge in [-0.25, -0.2) is 19.0 Å². The Bertz CT molecular complexity index is 1490. The van der Waals surface area contributed by atoms with Crippen LogP contribution in [0.4, 0.5) is 20.6 Å². The summed E-state index contributed by atoms with van der Waals surface area (Å²) in [5.41, 5.74) is 2.51. The Kier molecular flexibility index (Phi) is 9.41. The second-order valence-corrected chi connectivity index (χ2v) is 13.1. The summed E-state index contributed by atoms with van der Waals surface area (Å²) in [6.07, 6.45) is 9.26. The molecule has 2 saturated heterocycles. The van der Waals surface area contributed by atoms with Crippen molar-refractivity contribution in [3.8, 4) is 0 Å². The maximum absolute atomic E-state index is 15.0. The monoisotopic (exact) mass is 612 g/mol. The lowest BCUT2D eigenvalue weighted by atomic mass is 9.58. The average Bonchev–Trinajstić information content (AvgIpc) is 3.71. The molecule has 1 saturated carbocycles. The molecule has 9 heteroatoms. The van der Waals surface area contributed by atoms with Crippen molar-refractivity contribution in [3.05, 3.63) is 89.5 Å². The SMILES string of the molecule is [C-]#[N+]c1ccc(N2CC(CN3CCC([C@@](Cn4ccnc4CC)(c4cccc(F)c4)[C@H]4CCC[C@@H]4NC(=O)OC)CC3)C2)cc1. The van der Waals surface area contributed by atoms with Gasteiger partial charge >= 0.3 is 6.09 Å². The summed E-state index contributed by atoms with van der Waals surface area (Å²) < 4.78 is 22.4. The van der Waals surface area contributed by atoms with Gasteiger partial charge in [0.15, 0.2) is 5.69 Å². The minimum atomic E-state index is -0.399. The molecule has 0 bridgehead atoms. The molecule has 1 aliphatic carbocycles. The molecule has 1 N–H and O–H groups in total. The largest absolute Gasteiger partial charge is 0.453 e. The summed E-state index contributed by atoms with van der Waals surface area (Å²) in [4.78, 5) is 25.7. The zero-order valence-electron chi connectivity index (χ0n) is 26.5. The Balaban J connectivity index is 1.23. The molecule has 3 aliphatic rings. The number of alkyl carbamates (subject to hydrolysis) is 1. The van der Waals surface area contributed by atoms with Crippen LogP contribution in [0.3, 0.4) is 0 Å². The van der Waals surface area contributed by atoms with Gasteiger partial charge in [-0.15, -0.1) is 0 Å². The molecule has 1 amide bonds. The second kappa shape index (κ2) is 13.6. The number of amides is 1. The van der Waals surface area contributed by atoms with Crippen LogP contribution in [-0.4, -0.2) is 66.4 Å². The number of halogens is 1. The fourth-order valence-electron chi connectivity index (χ4n) is 8.54. The van der Waals surface area contributed by atoms with Gasteiger partial charge in [-0.05, 0) is 80.4 Å². The fourth-order valence-corrected chi connectivity index (χ4v) is 8.54. The number of aryl methyl sites for hydroxylation is 1. The number of ether oxygens (including phenoxy) is 1. The van der Waals surface area contributed by atoms with Crippen LogP contribution < -0.4 is 10.2 Å². The van der Waals surface area contributed by atoms with E-state index in [0.29, 0.717) is 24.1 Å². The molecule has 238 valence electrons. The molecule has 0 spiro atoms. The third-order valence-corrected chi connectivity index (χ3v) is 10.7. The van der Waals surface area contributed by atoms with E-state index in [9.17, 15) is 4.79 Å². The van der Waals surface area contributed by atoms with Crippen molar-refractivity contribution in [3.63, 3.8) is 0 Å². The van der Waals surface area contributed by atoms with Crippen molar-refractivity contribution in [1.82, 2.24) is 19.8 Å². The molecule has 2 aromatic carbocycles. The average molecular weight is 613 g/mol. The predicted molar refractivity (Wildman–Crippen MR) is 174 cm³/mol. The van der Waals surface area contributed by atoms with Gasteiger partial charge in [0.25, 0.3) is 0 Å². The minimum Gasteiger partial charge on any atom is -0.453 e. The Morgan fingerprint density at radius 1 is 1.13 bits per heavy atom. The molecule has 3 fully saturated rings. The van der Waals surface area contributed by atoms with Gasteiger partial charge in [0.05, 0.1) is 13.7 Å². The van der Waals surface area contributed by atoms with Crippen LogP contribution >= 0.6 is 0 Å². The number of anilines is 1. The van der Waals surface area contributed by atoms with Crippen LogP contribution in [0.5, 0.6) is 0 Å². The van der Waals surface area contributed by atoms with Crippen molar-refractivity contribution in [2.45, 2.75) is 63.5 Å². The molecular weight excluding hydrogens is 567 g/mol. The van der Waals surface area contributed by atoms with Crippen molar-refractivity contribution < 1.29 is 13.9 Å². The third kappa shape index (κ3) is 6.44. The third-order valence-electron chi connectivity index (χ3n) is 10.7. The van der Waals surface area contributed by atoms with Crippen LogP contribution in [0.1, 0.15) is 50.4 Å². The number of piperidine rings is 1. The van der Waals surface area contributed by atoms with Crippen molar-refractivity contribution in [2.24, 2.45) is 17.8 Å². The smallest absolute Gasteiger partial charge is 0.407 e. The molecule has 45 heavy (non-hydrogen) atoms. The van der Waals surface area contributed by atoms with E-state index in [1.807, 2.05) is 24.4 Å². The highest BCUT2D eigenvalue weighted by atomic mass is 19.1. The molecule has 6 rings (SSSR count). The zero-order chi connectivity index (χ0) is 31.4. The van der Waals surface area contributed by atoms with Crippen molar-refractivity contribution in [2.75, 3.05) is 44.7 Å². The van der Waals surface area contributed by atoms with Crippen LogP contribution in [0.2, 0.25) is 0 Å². The summed E-state index contributed by atoms with van der Waals surface area (Å²) >= 11 is 0. The van der Waals surface area contributed by atoms with Gasteiger partial charge < -0.3 is 24.4 Å². The Morgan fingerprint density at radius 3 is 2.60 bits per heavy atom. The Morgan fingerprint density at radius 2 is 1.91 bits per heavy atom. The van der Waals surface area contributed by atoms with Gasteiger partial charge in [0, 0.05) is 68.1 Å². The maximum atomic E-state index is 15.0. The van der Waals surface area contributed by atoms with Crippen LogP contribution in [0.25, 0.3) is 4.85 Å². The number of aromatic nitrogens is 2. The van der Waals surface area contributed by atoms with Crippen molar-refractivity contribution in [1.29, 1.82) is 0 Å². The molecule has 3 atom stereocenters. The van der Waals surface area contributed by atoms with Crippen molar-refractivity contribution >= 4 is 17.5 Å². The highest BCUT2D eigenvalue weighted by Gasteiger charge is 2.52. The summed E-state index contributed by atoms with van der Waals surface area (Å²) in [6.45, 7) is 15.2. The standard InChI is InChI=1S/C36H45FN6O2/c1-4-34-39-17-20-42(34)25-36(28-7-5-8-29(37)21-28,32-9-6-10-33(32)40-35(44)45-3)27-15-18-41(19-16-27)22-26-23-43(24-26)31-13-11-30(38-2)12-14-31/h5,7-8,11-14,17,20-21,26-27,32-33H,4,6,9-10,15-16,18-19,22-25H2,1,3H3,(H,40,44)/t32-,33-,36-/m0/s1. The first-order valence-corrected chi connectivity index (χ1v) is 16.5. The lowest BCUT2D eigenvalue weighted by Crippen LogP contribution is -2.56. The molecule has 0 radical (unpaired) electrons. The number of carbonyl (C=O) groups excluding carboxylic acids is 1. The number of likely N-dealkylation sites (tertiary alicyclic amines) is 1. The first kappa shape index (κ1) is 31.1. The highest BCUT2D eigenvalue weighted by molar-refractivity contribution is 5.67. The summed E-state index contributed by atoms with van der Waals surface area (Å²) in [7, 11) is 1.42. The molecular formula is C36H45FN6O2. The first-order chi connectivity index (χ1) is 21.9. The van der Waals surface area contributed by atoms with E-state index >= 15 is 4.39 Å². The number of nitrogens with zero attached hydrogens (tertiary/aromatic N) is 5. The number of hydrogen-bond acceptors (Lipinski definition) is 5. The Hall–Kier alpha value is -3.90. The zero-order valence-corrected chi connectivity index (χ0v) is 26.5. The highest BCUT2D eigenvalue weighted by Crippen LogP contribution is 2.52. The topological polar surface area (TPSA) is 67.0 Å². The number of hydrogen-bond donors (Lipinski definition) is 1. The predicted octanol–water partition coefficient (Wildman–Crippen LogP) is 6.45. The molecule has 8 nitrogen and oxygen atoms in total. The summed E-state index contributed by atoms with van der Waals surface area (Å²) in [5.74, 6) is 1.88. The number of methoxy groups -OCH3 is 1. The van der Waals surface area contributed by atoms with Crippen LogP contribution in [0, 0.1) is 30.1 Å². The first-order valence-electron chi connectivity index (χ1n) is 16.5. The quantitative estimate of drug-likeness (QED) is 0.267. The summed E-state index contributed by atoms with van der Waals surface area (Å²) in [6, 6.07) is 15.1. The number of nitrogens with one attached hydrogen (secondary N) is 1. The van der Waals surface area contributed by atoms with Gasteiger partial charge in [-0.1, -0.05) is 37.6 Å². The fraction of sp³-hybridized carbons (Fsp3) is 0.528. The lowest BCUT2D eigenvalue weighted by Gasteiger charge is -2.51. The lowest BCUT2D eigenvalue weighted by molar-refractivity contribution is 0.0541. The normalized spacial score (nSPS) is 22.4. The van der Waals surface area contributed by atoms with Crippen LogP contribution in [0.15, 0.2) is 60.9 Å². The molecule has 3 heterocycles. The van der Waals surface area contributed by atoms with Crippen LogP contribution in [-0.2, 0) is 23.1 Å². The maximum Gasteiger partial charge on any atom is 0.407 e. The number of carbonyl (C=O) groups is 1. The van der Waals surface area contributed by atoms with E-state index in [1.54, 1.807) is 6.07 Å². The minimum absolute atomic E-state index is 0.0443. The van der Waals surface area contributed by atoms with Gasteiger partial charge in [-0.3, -0.25) is 0 Å². The molecule has 1 aromatic heterocycles. The van der Waals surface area contributed by atoms with Gasteiger partial charge in [0.2, 0.25) is 0 Å². The number of benzene rings is 2. The molecule has 3 aromatic rings. The van der Waals surface area contributed by atoms with E-state index in [2.05, 4.69) is 60.8 Å². The molecule has 2 aliphatic heterocycles. The van der Waals surface area contributed by atoms with Gasteiger partial charge in [0.1, 0.15) is 11.6 Å². The second-order valence-electron chi connectivity index (χ2n) is 13.1. The van der Waals surface area contributed by atoms with Gasteiger partial charge in [-0.2, -0.15) is 0 Å². The number of imidazole rings is 1. The Labute approximate surface area is 266 Å². The van der Waals surface area contributed by atoms with E-state index < -0.39 is 6.09 Å². The van der Waals surface area contributed by atoms with E-state index in [-0.39, 0.29) is 23.2 Å². The van der Waals surface area contributed by atoms with E-state index in [4.69, 9.17) is 11.3 Å². The van der Waals surface area contributed by atoms with E-state index in [0.717, 1.165) is 82.6 Å². The van der Waals surface area contributed by atoms with E-state index in [1.165, 1.54) is 18.9 Å².